The number of amides is 1. The Morgan fingerprint density at radius 2 is 1.81 bits per heavy atom. The summed E-state index contributed by atoms with van der Waals surface area (Å²) < 4.78 is 13.2. The van der Waals surface area contributed by atoms with Crippen LogP contribution in [0.15, 0.2) is 42.5 Å². The minimum absolute atomic E-state index is 0.0374. The highest BCUT2D eigenvalue weighted by molar-refractivity contribution is 5.94. The van der Waals surface area contributed by atoms with Gasteiger partial charge in [0.15, 0.2) is 0 Å². The summed E-state index contributed by atoms with van der Waals surface area (Å²) in [4.78, 5) is 23.0. The highest BCUT2D eigenvalue weighted by Gasteiger charge is 2.27. The van der Waals surface area contributed by atoms with Gasteiger partial charge >= 0.3 is 0 Å². The van der Waals surface area contributed by atoms with Crippen molar-refractivity contribution in [2.24, 2.45) is 5.41 Å². The van der Waals surface area contributed by atoms with Gasteiger partial charge in [0, 0.05) is 12.1 Å². The molecule has 0 fully saturated rings. The molecule has 0 radical (unpaired) electrons. The van der Waals surface area contributed by atoms with Gasteiger partial charge in [0.2, 0.25) is 5.91 Å². The molecule has 0 aliphatic carbocycles. The molecule has 0 saturated heterocycles. The summed E-state index contributed by atoms with van der Waals surface area (Å²) in [5.41, 5.74) is 1.38. The van der Waals surface area contributed by atoms with E-state index in [1.54, 1.807) is 25.1 Å². The molecule has 0 heterocycles. The van der Waals surface area contributed by atoms with Crippen LogP contribution >= 0.6 is 0 Å². The van der Waals surface area contributed by atoms with Crippen LogP contribution < -0.4 is 10.6 Å². The predicted octanol–water partition coefficient (Wildman–Crippen LogP) is 4.36. The predicted molar refractivity (Wildman–Crippen MR) is 103 cm³/mol. The lowest BCUT2D eigenvalue weighted by Gasteiger charge is -2.32. The van der Waals surface area contributed by atoms with Crippen LogP contribution in [0.2, 0.25) is 0 Å². The second kappa shape index (κ2) is 8.26. The lowest BCUT2D eigenvalue weighted by Crippen LogP contribution is -2.37. The molecule has 2 rings (SSSR count). The Labute approximate surface area is 157 Å². The van der Waals surface area contributed by atoms with Crippen molar-refractivity contribution < 1.29 is 14.1 Å². The van der Waals surface area contributed by atoms with Crippen LogP contribution in [-0.4, -0.2) is 17.4 Å². The van der Waals surface area contributed by atoms with E-state index in [0.717, 1.165) is 11.1 Å². The summed E-state index contributed by atoms with van der Waals surface area (Å²) in [5.74, 6) is -0.714. The van der Waals surface area contributed by atoms with Crippen LogP contribution in [0.25, 0.3) is 0 Å². The molecular formula is C20H24FN3O3. The van der Waals surface area contributed by atoms with Gasteiger partial charge in [-0.3, -0.25) is 14.9 Å². The van der Waals surface area contributed by atoms with E-state index in [-0.39, 0.29) is 35.2 Å². The summed E-state index contributed by atoms with van der Waals surface area (Å²) in [5, 5.41) is 16.9. The standard InChI is InChI=1S/C20H24FN3O3/c1-13-5-10-16(17(11-13)24(26)27)23-18(25)12-22-19(20(2,3)4)14-6-8-15(21)9-7-14/h5-11,19,22H,12H2,1-4H3,(H,23,25). The van der Waals surface area contributed by atoms with Gasteiger partial charge in [-0.05, 0) is 41.7 Å². The van der Waals surface area contributed by atoms with Crippen LogP contribution in [0.3, 0.4) is 0 Å². The second-order valence-corrected chi connectivity index (χ2v) is 7.56. The first-order valence-electron chi connectivity index (χ1n) is 8.61. The second-order valence-electron chi connectivity index (χ2n) is 7.56. The van der Waals surface area contributed by atoms with Gasteiger partial charge in [0.1, 0.15) is 11.5 Å². The number of nitro benzene ring substituents is 1. The van der Waals surface area contributed by atoms with Crippen molar-refractivity contribution in [1.82, 2.24) is 5.32 Å². The Morgan fingerprint density at radius 3 is 2.37 bits per heavy atom. The van der Waals surface area contributed by atoms with Gasteiger partial charge in [-0.15, -0.1) is 0 Å². The van der Waals surface area contributed by atoms with Gasteiger partial charge in [-0.1, -0.05) is 39.0 Å². The third-order valence-corrected chi connectivity index (χ3v) is 4.16. The maximum absolute atomic E-state index is 13.2. The van der Waals surface area contributed by atoms with E-state index in [2.05, 4.69) is 10.6 Å². The first-order chi connectivity index (χ1) is 12.6. The largest absolute Gasteiger partial charge is 0.319 e. The first-order valence-corrected chi connectivity index (χ1v) is 8.61. The van der Waals surface area contributed by atoms with Crippen molar-refractivity contribution in [3.8, 4) is 0 Å². The number of hydrogen-bond donors (Lipinski definition) is 2. The summed E-state index contributed by atoms with van der Waals surface area (Å²) in [7, 11) is 0. The van der Waals surface area contributed by atoms with Gasteiger partial charge < -0.3 is 10.6 Å². The topological polar surface area (TPSA) is 84.3 Å². The highest BCUT2D eigenvalue weighted by Crippen LogP contribution is 2.32. The average molecular weight is 373 g/mol. The summed E-state index contributed by atoms with van der Waals surface area (Å²) >= 11 is 0. The zero-order valence-corrected chi connectivity index (χ0v) is 15.9. The van der Waals surface area contributed by atoms with Crippen molar-refractivity contribution in [2.45, 2.75) is 33.7 Å². The molecule has 1 unspecified atom stereocenters. The number of carbonyl (C=O) groups excluding carboxylic acids is 1. The number of nitro groups is 1. The van der Waals surface area contributed by atoms with Crippen LogP contribution in [0.5, 0.6) is 0 Å². The molecule has 2 N–H and O–H groups in total. The molecule has 1 amide bonds. The third kappa shape index (κ3) is 5.59. The molecule has 2 aromatic rings. The van der Waals surface area contributed by atoms with E-state index < -0.39 is 10.8 Å². The van der Waals surface area contributed by atoms with E-state index >= 15 is 0 Å². The maximum atomic E-state index is 13.2. The van der Waals surface area contributed by atoms with Crippen LogP contribution in [0, 0.1) is 28.3 Å². The van der Waals surface area contributed by atoms with E-state index in [1.165, 1.54) is 24.3 Å². The molecule has 0 bridgehead atoms. The number of aryl methyl sites for hydroxylation is 1. The van der Waals surface area contributed by atoms with Crippen molar-refractivity contribution in [3.63, 3.8) is 0 Å². The number of benzene rings is 2. The molecule has 27 heavy (non-hydrogen) atoms. The number of nitrogens with one attached hydrogen (secondary N) is 2. The zero-order valence-electron chi connectivity index (χ0n) is 15.9. The number of anilines is 1. The molecule has 0 saturated carbocycles. The zero-order chi connectivity index (χ0) is 20.2. The molecule has 0 spiro atoms. The Kier molecular flexibility index (Phi) is 6.28. The fraction of sp³-hybridized carbons (Fsp3) is 0.350. The average Bonchev–Trinajstić information content (AvgIpc) is 2.57. The highest BCUT2D eigenvalue weighted by atomic mass is 19.1. The lowest BCUT2D eigenvalue weighted by atomic mass is 9.82. The van der Waals surface area contributed by atoms with Crippen LogP contribution in [-0.2, 0) is 4.79 Å². The van der Waals surface area contributed by atoms with Crippen LogP contribution in [0.1, 0.15) is 37.9 Å². The Bertz CT molecular complexity index is 829. The van der Waals surface area contributed by atoms with Crippen molar-refractivity contribution in [2.75, 3.05) is 11.9 Å². The quantitative estimate of drug-likeness (QED) is 0.582. The summed E-state index contributed by atoms with van der Waals surface area (Å²) in [6, 6.07) is 10.6. The summed E-state index contributed by atoms with van der Waals surface area (Å²) in [6.45, 7) is 7.74. The number of carbonyl (C=O) groups is 1. The Hall–Kier alpha value is -2.80. The van der Waals surface area contributed by atoms with Gasteiger partial charge in [0.25, 0.3) is 5.69 Å². The fourth-order valence-corrected chi connectivity index (χ4v) is 2.87. The number of rotatable bonds is 6. The van der Waals surface area contributed by atoms with E-state index in [9.17, 15) is 19.3 Å². The number of halogens is 1. The molecule has 0 aliphatic heterocycles. The van der Waals surface area contributed by atoms with Crippen molar-refractivity contribution >= 4 is 17.3 Å². The van der Waals surface area contributed by atoms with E-state index in [1.807, 2.05) is 20.8 Å². The lowest BCUT2D eigenvalue weighted by molar-refractivity contribution is -0.384. The molecule has 0 aliphatic rings. The van der Waals surface area contributed by atoms with Gasteiger partial charge in [-0.2, -0.15) is 0 Å². The van der Waals surface area contributed by atoms with Gasteiger partial charge in [-0.25, -0.2) is 4.39 Å². The fourth-order valence-electron chi connectivity index (χ4n) is 2.87. The minimum atomic E-state index is -0.521. The van der Waals surface area contributed by atoms with Crippen molar-refractivity contribution in [1.29, 1.82) is 0 Å². The molecule has 7 heteroatoms. The van der Waals surface area contributed by atoms with Gasteiger partial charge in [0.05, 0.1) is 11.5 Å². The third-order valence-electron chi connectivity index (χ3n) is 4.16. The SMILES string of the molecule is Cc1ccc(NC(=O)CNC(c2ccc(F)cc2)C(C)(C)C)c([N+](=O)[O-])c1. The Balaban J connectivity index is 2.10. The van der Waals surface area contributed by atoms with Crippen LogP contribution in [0.4, 0.5) is 15.8 Å². The molecule has 0 aromatic heterocycles. The number of hydrogen-bond acceptors (Lipinski definition) is 4. The normalized spacial score (nSPS) is 12.5. The van der Waals surface area contributed by atoms with E-state index in [0.29, 0.717) is 0 Å². The van der Waals surface area contributed by atoms with Crippen molar-refractivity contribution in [3.05, 3.63) is 69.5 Å². The molecule has 144 valence electrons. The molecule has 6 nitrogen and oxygen atoms in total. The van der Waals surface area contributed by atoms with E-state index in [4.69, 9.17) is 0 Å². The molecular weight excluding hydrogens is 349 g/mol. The first kappa shape index (κ1) is 20.5. The smallest absolute Gasteiger partial charge is 0.293 e. The monoisotopic (exact) mass is 373 g/mol. The minimum Gasteiger partial charge on any atom is -0.319 e. The summed E-state index contributed by atoms with van der Waals surface area (Å²) in [6.07, 6.45) is 0. The molecule has 1 atom stereocenters. The maximum Gasteiger partial charge on any atom is 0.293 e. The molecule has 2 aromatic carbocycles. The number of nitrogens with zero attached hydrogens (tertiary/aromatic N) is 1. The Morgan fingerprint density at radius 1 is 1.19 bits per heavy atom.